The summed E-state index contributed by atoms with van der Waals surface area (Å²) in [7, 11) is 4.39. The van der Waals surface area contributed by atoms with Gasteiger partial charge >= 0.3 is 0 Å². The van der Waals surface area contributed by atoms with Crippen LogP contribution in [0.15, 0.2) is 30.3 Å². The van der Waals surface area contributed by atoms with Crippen LogP contribution in [0.5, 0.6) is 0 Å². The van der Waals surface area contributed by atoms with Crippen molar-refractivity contribution in [1.82, 2.24) is 9.80 Å². The molecule has 1 aliphatic heterocycles. The Labute approximate surface area is 123 Å². The van der Waals surface area contributed by atoms with Crippen molar-refractivity contribution in [3.8, 4) is 0 Å². The fourth-order valence-corrected chi connectivity index (χ4v) is 3.25. The van der Waals surface area contributed by atoms with E-state index in [1.165, 1.54) is 24.9 Å². The number of aliphatic hydroxyl groups excluding tert-OH is 1. The molecule has 1 aromatic rings. The first-order valence-electron chi connectivity index (χ1n) is 7.60. The van der Waals surface area contributed by atoms with Crippen LogP contribution in [0.2, 0.25) is 0 Å². The molecule has 2 atom stereocenters. The molecule has 1 fully saturated rings. The quantitative estimate of drug-likeness (QED) is 0.890. The van der Waals surface area contributed by atoms with E-state index in [0.29, 0.717) is 6.04 Å². The molecule has 1 heterocycles. The van der Waals surface area contributed by atoms with Crippen LogP contribution in [0.1, 0.15) is 25.3 Å². The zero-order valence-electron chi connectivity index (χ0n) is 13.0. The molecule has 3 heteroatoms. The third-order valence-electron chi connectivity index (χ3n) is 4.64. The number of hydrogen-bond donors (Lipinski definition) is 1. The molecule has 2 unspecified atom stereocenters. The maximum atomic E-state index is 9.90. The fraction of sp³-hybridized carbons (Fsp3) is 0.647. The van der Waals surface area contributed by atoms with Gasteiger partial charge in [0.15, 0.2) is 0 Å². The molecule has 20 heavy (non-hydrogen) atoms. The van der Waals surface area contributed by atoms with Gasteiger partial charge in [0.05, 0.1) is 6.61 Å². The van der Waals surface area contributed by atoms with Crippen LogP contribution in [0.4, 0.5) is 0 Å². The van der Waals surface area contributed by atoms with Gasteiger partial charge in [0, 0.05) is 24.5 Å². The molecule has 2 rings (SSSR count). The zero-order valence-corrected chi connectivity index (χ0v) is 13.0. The molecule has 0 bridgehead atoms. The molecule has 0 aliphatic carbocycles. The van der Waals surface area contributed by atoms with Gasteiger partial charge in [-0.25, -0.2) is 0 Å². The number of likely N-dealkylation sites (N-methyl/N-ethyl adjacent to an activating group) is 2. The second-order valence-corrected chi connectivity index (χ2v) is 6.56. The standard InChI is InChI=1S/C17H28N2O/c1-17(14-20,15-8-5-4-6-9-15)13-19(3)16-10-7-11-18(2)12-16/h4-6,8-9,16,20H,7,10-14H2,1-3H3. The van der Waals surface area contributed by atoms with Crippen LogP contribution in [0.25, 0.3) is 0 Å². The first-order valence-corrected chi connectivity index (χ1v) is 7.60. The van der Waals surface area contributed by atoms with E-state index in [1.54, 1.807) is 0 Å². The Balaban J connectivity index is 2.05. The lowest BCUT2D eigenvalue weighted by Gasteiger charge is -2.40. The van der Waals surface area contributed by atoms with E-state index >= 15 is 0 Å². The van der Waals surface area contributed by atoms with Gasteiger partial charge in [-0.3, -0.25) is 0 Å². The van der Waals surface area contributed by atoms with Crippen molar-refractivity contribution in [2.24, 2.45) is 0 Å². The van der Waals surface area contributed by atoms with E-state index in [2.05, 4.69) is 55.1 Å². The Bertz CT molecular complexity index is 409. The number of piperidine rings is 1. The summed E-state index contributed by atoms with van der Waals surface area (Å²) in [5.74, 6) is 0. The second-order valence-electron chi connectivity index (χ2n) is 6.56. The zero-order chi connectivity index (χ0) is 14.6. The van der Waals surface area contributed by atoms with Crippen LogP contribution < -0.4 is 0 Å². The Morgan fingerprint density at radius 2 is 2.05 bits per heavy atom. The summed E-state index contributed by atoms with van der Waals surface area (Å²) in [5.41, 5.74) is 1.03. The van der Waals surface area contributed by atoms with Gasteiger partial charge in [-0.2, -0.15) is 0 Å². The summed E-state index contributed by atoms with van der Waals surface area (Å²) in [6, 6.07) is 11.0. The van der Waals surface area contributed by atoms with E-state index in [-0.39, 0.29) is 12.0 Å². The van der Waals surface area contributed by atoms with Crippen LogP contribution in [-0.4, -0.2) is 61.3 Å². The minimum absolute atomic E-state index is 0.184. The van der Waals surface area contributed by atoms with Crippen LogP contribution in [0.3, 0.4) is 0 Å². The van der Waals surface area contributed by atoms with Gasteiger partial charge < -0.3 is 14.9 Å². The average Bonchev–Trinajstić information content (AvgIpc) is 2.48. The number of hydrogen-bond acceptors (Lipinski definition) is 3. The minimum Gasteiger partial charge on any atom is -0.395 e. The van der Waals surface area contributed by atoms with E-state index in [1.807, 2.05) is 6.07 Å². The van der Waals surface area contributed by atoms with Crippen molar-refractivity contribution in [2.45, 2.75) is 31.2 Å². The van der Waals surface area contributed by atoms with E-state index in [4.69, 9.17) is 0 Å². The van der Waals surface area contributed by atoms with E-state index in [0.717, 1.165) is 13.1 Å². The monoisotopic (exact) mass is 276 g/mol. The molecule has 0 spiro atoms. The van der Waals surface area contributed by atoms with E-state index < -0.39 is 0 Å². The van der Waals surface area contributed by atoms with Crippen molar-refractivity contribution < 1.29 is 5.11 Å². The summed E-state index contributed by atoms with van der Waals surface area (Å²) in [4.78, 5) is 4.84. The van der Waals surface area contributed by atoms with Gasteiger partial charge in [-0.15, -0.1) is 0 Å². The number of benzene rings is 1. The molecule has 0 amide bonds. The highest BCUT2D eigenvalue weighted by atomic mass is 16.3. The Morgan fingerprint density at radius 1 is 1.35 bits per heavy atom. The molecule has 0 aromatic heterocycles. The fourth-order valence-electron chi connectivity index (χ4n) is 3.25. The lowest BCUT2D eigenvalue weighted by molar-refractivity contribution is 0.0929. The normalized spacial score (nSPS) is 23.8. The summed E-state index contributed by atoms with van der Waals surface area (Å²) in [6.07, 6.45) is 2.53. The third-order valence-corrected chi connectivity index (χ3v) is 4.64. The number of likely N-dealkylation sites (tertiary alicyclic amines) is 1. The number of nitrogens with zero attached hydrogens (tertiary/aromatic N) is 2. The topological polar surface area (TPSA) is 26.7 Å². The summed E-state index contributed by atoms with van der Waals surface area (Å²) >= 11 is 0. The van der Waals surface area contributed by atoms with E-state index in [9.17, 15) is 5.11 Å². The molecule has 0 saturated carbocycles. The lowest BCUT2D eigenvalue weighted by Crippen LogP contribution is -2.50. The minimum atomic E-state index is -0.188. The molecular formula is C17H28N2O. The van der Waals surface area contributed by atoms with Crippen molar-refractivity contribution in [2.75, 3.05) is 40.3 Å². The van der Waals surface area contributed by atoms with Gasteiger partial charge in [-0.05, 0) is 39.0 Å². The lowest BCUT2D eigenvalue weighted by atomic mass is 9.82. The SMILES string of the molecule is CN1CCCC(N(C)CC(C)(CO)c2ccccc2)C1. The maximum absolute atomic E-state index is 9.90. The number of aliphatic hydroxyl groups is 1. The van der Waals surface area contributed by atoms with Gasteiger partial charge in [0.1, 0.15) is 0 Å². The molecule has 1 N–H and O–H groups in total. The average molecular weight is 276 g/mol. The molecule has 3 nitrogen and oxygen atoms in total. The third kappa shape index (κ3) is 3.60. The molecule has 112 valence electrons. The largest absolute Gasteiger partial charge is 0.395 e. The molecule has 0 radical (unpaired) electrons. The highest BCUT2D eigenvalue weighted by Gasteiger charge is 2.31. The van der Waals surface area contributed by atoms with Crippen molar-refractivity contribution in [3.05, 3.63) is 35.9 Å². The predicted octanol–water partition coefficient (Wildman–Crippen LogP) is 1.96. The Hall–Kier alpha value is -0.900. The molecular weight excluding hydrogens is 248 g/mol. The highest BCUT2D eigenvalue weighted by molar-refractivity contribution is 5.25. The first-order chi connectivity index (χ1) is 9.55. The van der Waals surface area contributed by atoms with Gasteiger partial charge in [0.2, 0.25) is 0 Å². The molecule has 1 aromatic carbocycles. The molecule has 1 aliphatic rings. The maximum Gasteiger partial charge on any atom is 0.0537 e. The smallest absolute Gasteiger partial charge is 0.0537 e. The first kappa shape index (κ1) is 15.5. The predicted molar refractivity (Wildman–Crippen MR) is 84.0 cm³/mol. The van der Waals surface area contributed by atoms with Crippen LogP contribution >= 0.6 is 0 Å². The van der Waals surface area contributed by atoms with Gasteiger partial charge in [0.25, 0.3) is 0 Å². The van der Waals surface area contributed by atoms with Crippen LogP contribution in [-0.2, 0) is 5.41 Å². The van der Waals surface area contributed by atoms with Crippen molar-refractivity contribution >= 4 is 0 Å². The summed E-state index contributed by atoms with van der Waals surface area (Å²) < 4.78 is 0. The van der Waals surface area contributed by atoms with Crippen molar-refractivity contribution in [3.63, 3.8) is 0 Å². The van der Waals surface area contributed by atoms with Gasteiger partial charge in [-0.1, -0.05) is 37.3 Å². The van der Waals surface area contributed by atoms with Crippen molar-refractivity contribution in [1.29, 1.82) is 0 Å². The Morgan fingerprint density at radius 3 is 2.65 bits per heavy atom. The molecule has 1 saturated heterocycles. The second kappa shape index (κ2) is 6.70. The Kier molecular flexibility index (Phi) is 5.19. The summed E-state index contributed by atoms with van der Waals surface area (Å²) in [5, 5.41) is 9.90. The highest BCUT2D eigenvalue weighted by Crippen LogP contribution is 2.26. The number of rotatable bonds is 5. The summed E-state index contributed by atoms with van der Waals surface area (Å²) in [6.45, 7) is 5.58. The van der Waals surface area contributed by atoms with Crippen LogP contribution in [0, 0.1) is 0 Å².